The van der Waals surface area contributed by atoms with Gasteiger partial charge in [-0.15, -0.1) is 0 Å². The summed E-state index contributed by atoms with van der Waals surface area (Å²) in [4.78, 5) is 29.6. The number of fused-ring (bicyclic) bond motifs is 3. The number of Topliss-reactive ketones (excluding diaryl/α,β-unsaturated/α-hetero) is 2. The van der Waals surface area contributed by atoms with Gasteiger partial charge in [-0.1, -0.05) is 42.5 Å². The van der Waals surface area contributed by atoms with Crippen molar-refractivity contribution in [2.75, 3.05) is 23.9 Å². The molecule has 3 aromatic rings. The van der Waals surface area contributed by atoms with Crippen molar-refractivity contribution >= 4 is 40.4 Å². The topological polar surface area (TPSA) is 40.6 Å². The van der Waals surface area contributed by atoms with E-state index < -0.39 is 0 Å². The van der Waals surface area contributed by atoms with Crippen molar-refractivity contribution in [3.63, 3.8) is 0 Å². The van der Waals surface area contributed by atoms with Crippen LogP contribution in [0.4, 0.5) is 22.7 Å². The summed E-state index contributed by atoms with van der Waals surface area (Å²) in [7, 11) is 4.08. The number of nitrogens with zero attached hydrogens (tertiary/aromatic N) is 2. The lowest BCUT2D eigenvalue weighted by Crippen LogP contribution is -2.24. The second kappa shape index (κ2) is 5.92. The molecule has 0 spiro atoms. The maximum atomic E-state index is 12.7. The van der Waals surface area contributed by atoms with Gasteiger partial charge in [-0.25, -0.2) is 0 Å². The lowest BCUT2D eigenvalue weighted by molar-refractivity contribution is 0.0990. The van der Waals surface area contributed by atoms with Gasteiger partial charge in [0.05, 0.1) is 28.3 Å². The Kier molecular flexibility index (Phi) is 3.49. The van der Waals surface area contributed by atoms with Crippen molar-refractivity contribution in [1.82, 2.24) is 0 Å². The zero-order chi connectivity index (χ0) is 19.4. The molecular formula is C24H18N2O2. The van der Waals surface area contributed by atoms with E-state index in [1.54, 1.807) is 30.3 Å². The minimum atomic E-state index is -0.200. The van der Waals surface area contributed by atoms with Crippen LogP contribution in [-0.4, -0.2) is 25.7 Å². The first kappa shape index (κ1) is 16.5. The number of benzene rings is 3. The lowest BCUT2D eigenvalue weighted by Gasteiger charge is -2.36. The second-order valence-corrected chi connectivity index (χ2v) is 7.12. The van der Waals surface area contributed by atoms with Crippen molar-refractivity contribution in [3.8, 4) is 0 Å². The average Bonchev–Trinajstić information content (AvgIpc) is 2.97. The number of carbonyl (C=O) groups excluding carboxylic acids is 2. The summed E-state index contributed by atoms with van der Waals surface area (Å²) in [5.74, 6) is -0.400. The van der Waals surface area contributed by atoms with Crippen LogP contribution in [0.25, 0.3) is 6.08 Å². The fraction of sp³-hybridized carbons (Fsp3) is 0.0833. The number of allylic oxidation sites excluding steroid dienone is 1. The first-order valence-electron chi connectivity index (χ1n) is 9.17. The van der Waals surface area contributed by atoms with E-state index in [1.807, 2.05) is 44.4 Å². The molecule has 0 saturated heterocycles. The van der Waals surface area contributed by atoms with Crippen LogP contribution in [0.1, 0.15) is 26.3 Å². The molecule has 0 fully saturated rings. The molecule has 0 unspecified atom stereocenters. The molecule has 0 atom stereocenters. The van der Waals surface area contributed by atoms with Crippen molar-refractivity contribution in [3.05, 3.63) is 89.0 Å². The van der Waals surface area contributed by atoms with E-state index in [1.165, 1.54) is 0 Å². The first-order chi connectivity index (χ1) is 13.6. The Morgan fingerprint density at radius 1 is 0.643 bits per heavy atom. The van der Waals surface area contributed by atoms with Gasteiger partial charge >= 0.3 is 0 Å². The van der Waals surface area contributed by atoms with E-state index in [0.717, 1.165) is 28.3 Å². The molecule has 0 bridgehead atoms. The van der Waals surface area contributed by atoms with Gasteiger partial charge in [0.1, 0.15) is 0 Å². The highest BCUT2D eigenvalue weighted by Crippen LogP contribution is 2.46. The number of hydrogen-bond acceptors (Lipinski definition) is 4. The summed E-state index contributed by atoms with van der Waals surface area (Å²) in [5.41, 5.74) is 6.41. The van der Waals surface area contributed by atoms with E-state index >= 15 is 0 Å². The van der Waals surface area contributed by atoms with Crippen LogP contribution in [0.2, 0.25) is 0 Å². The number of hydrogen-bond donors (Lipinski definition) is 0. The normalized spacial score (nSPS) is 14.7. The predicted octanol–water partition coefficient (Wildman–Crippen LogP) is 5.00. The summed E-state index contributed by atoms with van der Waals surface area (Å²) >= 11 is 0. The van der Waals surface area contributed by atoms with Gasteiger partial charge < -0.3 is 9.80 Å². The predicted molar refractivity (Wildman–Crippen MR) is 112 cm³/mol. The number of para-hydroxylation sites is 2. The third-order valence-electron chi connectivity index (χ3n) is 5.54. The van der Waals surface area contributed by atoms with Gasteiger partial charge in [0, 0.05) is 25.2 Å². The summed E-state index contributed by atoms with van der Waals surface area (Å²) in [6.07, 6.45) is 1.71. The number of anilines is 4. The monoisotopic (exact) mass is 366 g/mol. The van der Waals surface area contributed by atoms with Gasteiger partial charge in [0.25, 0.3) is 0 Å². The molecule has 4 heteroatoms. The Labute approximate surface area is 163 Å². The highest BCUT2D eigenvalue weighted by molar-refractivity contribution is 6.41. The van der Waals surface area contributed by atoms with E-state index in [-0.39, 0.29) is 17.1 Å². The van der Waals surface area contributed by atoms with Gasteiger partial charge in [0.15, 0.2) is 11.6 Å². The Morgan fingerprint density at radius 3 is 1.75 bits per heavy atom. The molecule has 4 nitrogen and oxygen atoms in total. The van der Waals surface area contributed by atoms with Crippen LogP contribution in [0, 0.1) is 0 Å². The lowest BCUT2D eigenvalue weighted by atomic mass is 10.0. The fourth-order valence-corrected chi connectivity index (χ4v) is 4.04. The molecule has 0 aromatic heterocycles. The van der Waals surface area contributed by atoms with Gasteiger partial charge in [0.2, 0.25) is 0 Å². The zero-order valence-corrected chi connectivity index (χ0v) is 15.6. The molecule has 1 aliphatic heterocycles. The molecule has 2 aliphatic rings. The fourth-order valence-electron chi connectivity index (χ4n) is 4.04. The molecule has 0 N–H and O–H groups in total. The minimum Gasteiger partial charge on any atom is -0.341 e. The van der Waals surface area contributed by atoms with Gasteiger partial charge in [-0.2, -0.15) is 0 Å². The van der Waals surface area contributed by atoms with E-state index in [9.17, 15) is 9.59 Å². The van der Waals surface area contributed by atoms with Crippen LogP contribution in [0.5, 0.6) is 0 Å². The standard InChI is InChI=1S/C24H18N2O2/c1-25-19-9-5-6-10-20(19)26(2)22-14-15(11-12-21(22)25)13-18-23(27)16-7-3-4-8-17(16)24(18)28/h3-14H,1-2H3. The second-order valence-electron chi connectivity index (χ2n) is 7.12. The number of rotatable bonds is 1. The van der Waals surface area contributed by atoms with Crippen molar-refractivity contribution in [2.24, 2.45) is 0 Å². The highest BCUT2D eigenvalue weighted by atomic mass is 16.2. The first-order valence-corrected chi connectivity index (χ1v) is 9.17. The Morgan fingerprint density at radius 2 is 1.14 bits per heavy atom. The SMILES string of the molecule is CN1c2ccccc2N(C)c2cc(C=C3C(=O)c4ccccc4C3=O)ccc21. The Hall–Kier alpha value is -3.66. The number of carbonyl (C=O) groups is 2. The van der Waals surface area contributed by atoms with Crippen molar-refractivity contribution in [2.45, 2.75) is 0 Å². The largest absolute Gasteiger partial charge is 0.341 e. The van der Waals surface area contributed by atoms with Crippen LogP contribution in [0.15, 0.2) is 72.3 Å². The maximum Gasteiger partial charge on any atom is 0.197 e. The summed E-state index contributed by atoms with van der Waals surface area (Å²) in [6.45, 7) is 0. The van der Waals surface area contributed by atoms with Gasteiger partial charge in [-0.3, -0.25) is 9.59 Å². The minimum absolute atomic E-state index is 0.200. The molecule has 28 heavy (non-hydrogen) atoms. The van der Waals surface area contributed by atoms with Crippen LogP contribution >= 0.6 is 0 Å². The van der Waals surface area contributed by atoms with Crippen molar-refractivity contribution in [1.29, 1.82) is 0 Å². The molecule has 1 heterocycles. The van der Waals surface area contributed by atoms with Gasteiger partial charge in [-0.05, 0) is 35.9 Å². The Bertz CT molecular complexity index is 1160. The molecular weight excluding hydrogens is 348 g/mol. The molecule has 0 radical (unpaired) electrons. The summed E-state index contributed by atoms with van der Waals surface area (Å²) in [5, 5.41) is 0. The number of ketones is 2. The zero-order valence-electron chi connectivity index (χ0n) is 15.6. The van der Waals surface area contributed by atoms with E-state index in [0.29, 0.717) is 11.1 Å². The molecule has 1 aliphatic carbocycles. The average molecular weight is 366 g/mol. The van der Waals surface area contributed by atoms with Crippen LogP contribution in [-0.2, 0) is 0 Å². The molecule has 136 valence electrons. The summed E-state index contributed by atoms with van der Waals surface area (Å²) < 4.78 is 0. The smallest absolute Gasteiger partial charge is 0.197 e. The maximum absolute atomic E-state index is 12.7. The molecule has 3 aromatic carbocycles. The molecule has 0 saturated carbocycles. The molecule has 0 amide bonds. The summed E-state index contributed by atoms with van der Waals surface area (Å²) in [6, 6.07) is 21.2. The third kappa shape index (κ3) is 2.24. The van der Waals surface area contributed by atoms with Crippen molar-refractivity contribution < 1.29 is 9.59 Å². The van der Waals surface area contributed by atoms with E-state index in [2.05, 4.69) is 21.9 Å². The third-order valence-corrected chi connectivity index (χ3v) is 5.54. The quantitative estimate of drug-likeness (QED) is 0.449. The van der Waals surface area contributed by atoms with Crippen LogP contribution in [0.3, 0.4) is 0 Å². The van der Waals surface area contributed by atoms with Crippen LogP contribution < -0.4 is 9.80 Å². The Balaban J connectivity index is 1.59. The van der Waals surface area contributed by atoms with E-state index in [4.69, 9.17) is 0 Å². The molecule has 5 rings (SSSR count). The highest BCUT2D eigenvalue weighted by Gasteiger charge is 2.32.